The Kier molecular flexibility index (Phi) is 4.79. The molecule has 0 saturated carbocycles. The van der Waals surface area contributed by atoms with Crippen molar-refractivity contribution in [3.05, 3.63) is 75.7 Å². The minimum absolute atomic E-state index is 0.173. The molecule has 2 nitrogen and oxygen atoms in total. The van der Waals surface area contributed by atoms with E-state index in [0.29, 0.717) is 4.88 Å². The summed E-state index contributed by atoms with van der Waals surface area (Å²) >= 11 is 1.40. The minimum Gasteiger partial charge on any atom is -0.497 e. The number of ketones is 1. The Morgan fingerprint density at radius 1 is 1.07 bits per heavy atom. The zero-order valence-corrected chi connectivity index (χ0v) is 15.7. The smallest absolute Gasteiger partial charge is 0.177 e. The highest BCUT2D eigenvalue weighted by Crippen LogP contribution is 2.40. The van der Waals surface area contributed by atoms with Crippen molar-refractivity contribution >= 4 is 17.1 Å². The molecule has 1 aromatic heterocycles. The first-order valence-corrected chi connectivity index (χ1v) is 9.64. The van der Waals surface area contributed by atoms with Gasteiger partial charge < -0.3 is 4.74 Å². The fraction of sp³-hybridized carbons (Fsp3) is 0.227. The van der Waals surface area contributed by atoms with Crippen molar-refractivity contribution in [1.82, 2.24) is 0 Å². The molecular formula is C22H18F2O2S. The third-order valence-electron chi connectivity index (χ3n) is 4.94. The van der Waals surface area contributed by atoms with E-state index in [2.05, 4.69) is 6.07 Å². The summed E-state index contributed by atoms with van der Waals surface area (Å²) in [5.74, 6) is -0.856. The first kappa shape index (κ1) is 17.9. The number of methoxy groups -OCH3 is 1. The molecule has 5 heteroatoms. The van der Waals surface area contributed by atoms with Crippen molar-refractivity contribution in [3.63, 3.8) is 0 Å². The zero-order chi connectivity index (χ0) is 19.0. The van der Waals surface area contributed by atoms with Crippen LogP contribution in [0.5, 0.6) is 5.75 Å². The summed E-state index contributed by atoms with van der Waals surface area (Å²) in [6, 6.07) is 11.6. The number of carbonyl (C=O) groups is 1. The van der Waals surface area contributed by atoms with Crippen LogP contribution in [0, 0.1) is 11.6 Å². The van der Waals surface area contributed by atoms with Crippen LogP contribution in [0.3, 0.4) is 0 Å². The molecule has 0 unspecified atom stereocenters. The Bertz CT molecular complexity index is 1000. The van der Waals surface area contributed by atoms with Gasteiger partial charge in [0.25, 0.3) is 0 Å². The van der Waals surface area contributed by atoms with Crippen LogP contribution in [0.2, 0.25) is 0 Å². The van der Waals surface area contributed by atoms with Gasteiger partial charge in [-0.05, 0) is 66.3 Å². The number of thiophene rings is 1. The van der Waals surface area contributed by atoms with E-state index in [1.807, 2.05) is 18.2 Å². The molecule has 0 fully saturated rings. The molecule has 4 rings (SSSR count). The lowest BCUT2D eigenvalue weighted by Gasteiger charge is -2.08. The highest BCUT2D eigenvalue weighted by Gasteiger charge is 2.22. The Balaban J connectivity index is 1.71. The molecule has 138 valence electrons. The molecule has 3 aromatic rings. The van der Waals surface area contributed by atoms with E-state index in [9.17, 15) is 13.6 Å². The first-order chi connectivity index (χ1) is 13.1. The molecule has 2 aromatic carbocycles. The van der Waals surface area contributed by atoms with E-state index >= 15 is 0 Å². The molecule has 1 aliphatic carbocycles. The molecular weight excluding hydrogens is 366 g/mol. The first-order valence-electron chi connectivity index (χ1n) is 8.83. The number of fused-ring (bicyclic) bond motifs is 3. The average Bonchev–Trinajstić information content (AvgIpc) is 3.02. The second-order valence-corrected chi connectivity index (χ2v) is 7.69. The van der Waals surface area contributed by atoms with Gasteiger partial charge in [-0.3, -0.25) is 4.79 Å². The number of Topliss-reactive ketones (excluding diaryl/α,β-unsaturated/α-hetero) is 1. The lowest BCUT2D eigenvalue weighted by molar-refractivity contribution is 0.0994. The van der Waals surface area contributed by atoms with Gasteiger partial charge in [-0.2, -0.15) is 0 Å². The van der Waals surface area contributed by atoms with Crippen molar-refractivity contribution in [3.8, 4) is 16.2 Å². The number of hydrogen-bond acceptors (Lipinski definition) is 3. The summed E-state index contributed by atoms with van der Waals surface area (Å²) in [5, 5.41) is 0. The van der Waals surface area contributed by atoms with Gasteiger partial charge in [-0.15, -0.1) is 11.3 Å². The molecule has 0 aliphatic heterocycles. The molecule has 1 heterocycles. The normalized spacial score (nSPS) is 12.9. The second kappa shape index (κ2) is 7.24. The lowest BCUT2D eigenvalue weighted by Crippen LogP contribution is -2.05. The summed E-state index contributed by atoms with van der Waals surface area (Å²) < 4.78 is 33.1. The van der Waals surface area contributed by atoms with Gasteiger partial charge in [0.15, 0.2) is 5.78 Å². The van der Waals surface area contributed by atoms with Crippen LogP contribution in [-0.4, -0.2) is 12.9 Å². The van der Waals surface area contributed by atoms with E-state index in [1.54, 1.807) is 7.11 Å². The number of halogens is 2. The van der Waals surface area contributed by atoms with Gasteiger partial charge in [0, 0.05) is 16.9 Å². The van der Waals surface area contributed by atoms with Gasteiger partial charge in [0.05, 0.1) is 12.0 Å². The van der Waals surface area contributed by atoms with Crippen LogP contribution >= 0.6 is 11.3 Å². The number of benzene rings is 2. The molecule has 0 atom stereocenters. The number of aryl methyl sites for hydroxylation is 2. The highest BCUT2D eigenvalue weighted by atomic mass is 32.1. The standard InChI is InChI=1S/C22H18F2O2S/c1-26-15-9-8-13-4-2-5-14-10-21(27-22(14)16(13)11-15)20(25)12-17-18(23)6-3-7-19(17)24/h3,6-11H,2,4-5,12H2,1H3. The van der Waals surface area contributed by atoms with Gasteiger partial charge in [-0.25, -0.2) is 8.78 Å². The third-order valence-corrected chi connectivity index (χ3v) is 6.19. The van der Waals surface area contributed by atoms with E-state index < -0.39 is 11.6 Å². The largest absolute Gasteiger partial charge is 0.497 e. The maximum absolute atomic E-state index is 13.9. The highest BCUT2D eigenvalue weighted by molar-refractivity contribution is 7.17. The quantitative estimate of drug-likeness (QED) is 0.546. The molecule has 1 aliphatic rings. The van der Waals surface area contributed by atoms with Gasteiger partial charge in [0.2, 0.25) is 0 Å². The molecule has 0 N–H and O–H groups in total. The van der Waals surface area contributed by atoms with Crippen LogP contribution in [0.4, 0.5) is 8.78 Å². The Hall–Kier alpha value is -2.53. The van der Waals surface area contributed by atoms with Crippen molar-refractivity contribution < 1.29 is 18.3 Å². The lowest BCUT2D eigenvalue weighted by atomic mass is 10.0. The third kappa shape index (κ3) is 3.39. The van der Waals surface area contributed by atoms with Gasteiger partial charge in [0.1, 0.15) is 17.4 Å². The minimum atomic E-state index is -0.684. The zero-order valence-electron chi connectivity index (χ0n) is 14.9. The number of hydrogen-bond donors (Lipinski definition) is 0. The number of ether oxygens (including phenoxy) is 1. The predicted octanol–water partition coefficient (Wildman–Crippen LogP) is 5.62. The van der Waals surface area contributed by atoms with E-state index in [4.69, 9.17) is 4.74 Å². The number of carbonyl (C=O) groups excluding carboxylic acids is 1. The average molecular weight is 384 g/mol. The number of rotatable bonds is 4. The topological polar surface area (TPSA) is 26.3 Å². The van der Waals surface area contributed by atoms with Crippen molar-refractivity contribution in [1.29, 1.82) is 0 Å². The van der Waals surface area contributed by atoms with Crippen LogP contribution in [-0.2, 0) is 19.3 Å². The van der Waals surface area contributed by atoms with Crippen LogP contribution in [0.25, 0.3) is 10.4 Å². The Labute approximate surface area is 160 Å². The molecule has 0 saturated heterocycles. The summed E-state index contributed by atoms with van der Waals surface area (Å²) in [4.78, 5) is 14.3. The van der Waals surface area contributed by atoms with E-state index in [0.717, 1.165) is 41.0 Å². The predicted molar refractivity (Wildman–Crippen MR) is 103 cm³/mol. The molecule has 0 amide bonds. The summed E-state index contributed by atoms with van der Waals surface area (Å²) in [5.41, 5.74) is 3.26. The van der Waals surface area contributed by atoms with Gasteiger partial charge >= 0.3 is 0 Å². The van der Waals surface area contributed by atoms with Crippen LogP contribution in [0.1, 0.15) is 32.8 Å². The Morgan fingerprint density at radius 2 is 1.81 bits per heavy atom. The van der Waals surface area contributed by atoms with E-state index in [-0.39, 0.29) is 17.8 Å². The fourth-order valence-electron chi connectivity index (χ4n) is 3.51. The van der Waals surface area contributed by atoms with Crippen LogP contribution in [0.15, 0.2) is 42.5 Å². The molecule has 0 radical (unpaired) electrons. The maximum atomic E-state index is 13.9. The van der Waals surface area contributed by atoms with Crippen molar-refractivity contribution in [2.75, 3.05) is 7.11 Å². The summed E-state index contributed by atoms with van der Waals surface area (Å²) in [6.07, 6.45) is 2.58. The summed E-state index contributed by atoms with van der Waals surface area (Å²) in [7, 11) is 1.63. The van der Waals surface area contributed by atoms with Gasteiger partial charge in [-0.1, -0.05) is 12.1 Å². The van der Waals surface area contributed by atoms with Crippen molar-refractivity contribution in [2.24, 2.45) is 0 Å². The fourth-order valence-corrected chi connectivity index (χ4v) is 4.71. The molecule has 27 heavy (non-hydrogen) atoms. The van der Waals surface area contributed by atoms with Crippen molar-refractivity contribution in [2.45, 2.75) is 25.7 Å². The van der Waals surface area contributed by atoms with E-state index in [1.165, 1.54) is 35.1 Å². The summed E-state index contributed by atoms with van der Waals surface area (Å²) in [6.45, 7) is 0. The maximum Gasteiger partial charge on any atom is 0.177 e. The SMILES string of the molecule is COc1ccc2c(c1)-c1sc(C(=O)Cc3c(F)cccc3F)cc1CCC2. The second-order valence-electron chi connectivity index (χ2n) is 6.64. The molecule has 0 spiro atoms. The monoisotopic (exact) mass is 384 g/mol. The van der Waals surface area contributed by atoms with Crippen LogP contribution < -0.4 is 4.74 Å². The molecule has 0 bridgehead atoms. The Morgan fingerprint density at radius 3 is 2.56 bits per heavy atom.